The van der Waals surface area contributed by atoms with Crippen molar-refractivity contribution in [2.75, 3.05) is 0 Å². The molecule has 1 heterocycles. The van der Waals surface area contributed by atoms with Crippen LogP contribution in [0.25, 0.3) is 0 Å². The van der Waals surface area contributed by atoms with Gasteiger partial charge in [-0.15, -0.1) is 11.6 Å². The van der Waals surface area contributed by atoms with Crippen LogP contribution >= 0.6 is 11.6 Å². The van der Waals surface area contributed by atoms with Crippen LogP contribution in [-0.4, -0.2) is 15.1 Å². The summed E-state index contributed by atoms with van der Waals surface area (Å²) in [4.78, 5) is 14.1. The maximum absolute atomic E-state index is 10.5. The summed E-state index contributed by atoms with van der Waals surface area (Å²) >= 11 is 5.53. The molecule has 17 heavy (non-hydrogen) atoms. The molecule has 0 N–H and O–H groups in total. The van der Waals surface area contributed by atoms with E-state index >= 15 is 0 Å². The minimum Gasteiger partial charge on any atom is -0.338 e. The normalized spacial score (nSPS) is 10.4. The Labute approximate surface area is 101 Å². The fraction of sp³-hybridized carbons (Fsp3) is 0.200. The van der Waals surface area contributed by atoms with Gasteiger partial charge in [0.15, 0.2) is 5.82 Å². The minimum absolute atomic E-state index is 0.0586. The first kappa shape index (κ1) is 11.5. The average Bonchev–Trinajstić information content (AvgIpc) is 2.77. The Kier molecular flexibility index (Phi) is 3.34. The molecule has 0 atom stereocenters. The highest BCUT2D eigenvalue weighted by Crippen LogP contribution is 2.14. The Balaban J connectivity index is 2.10. The van der Waals surface area contributed by atoms with E-state index in [4.69, 9.17) is 16.1 Å². The molecular formula is C10H8ClN3O3. The van der Waals surface area contributed by atoms with Gasteiger partial charge in [-0.3, -0.25) is 10.1 Å². The van der Waals surface area contributed by atoms with Crippen molar-refractivity contribution in [2.24, 2.45) is 0 Å². The molecule has 2 rings (SSSR count). The third-order valence-electron chi connectivity index (χ3n) is 2.13. The van der Waals surface area contributed by atoms with Gasteiger partial charge in [-0.2, -0.15) is 4.98 Å². The van der Waals surface area contributed by atoms with E-state index in [1.165, 1.54) is 12.1 Å². The summed E-state index contributed by atoms with van der Waals surface area (Å²) in [5, 5.41) is 14.2. The fourth-order valence-electron chi connectivity index (χ4n) is 1.33. The lowest BCUT2D eigenvalue weighted by molar-refractivity contribution is -0.384. The number of rotatable bonds is 4. The first-order valence-corrected chi connectivity index (χ1v) is 5.33. The van der Waals surface area contributed by atoms with E-state index in [1.54, 1.807) is 12.1 Å². The van der Waals surface area contributed by atoms with E-state index in [9.17, 15) is 10.1 Å². The molecule has 1 aromatic carbocycles. The lowest BCUT2D eigenvalue weighted by Gasteiger charge is -1.96. The number of hydrogen-bond acceptors (Lipinski definition) is 5. The third-order valence-corrected chi connectivity index (χ3v) is 2.36. The second-order valence-corrected chi connectivity index (χ2v) is 3.61. The predicted molar refractivity (Wildman–Crippen MR) is 59.8 cm³/mol. The number of nitrogens with zero attached hydrogens (tertiary/aromatic N) is 3. The Hall–Kier alpha value is -1.95. The first-order valence-electron chi connectivity index (χ1n) is 4.80. The smallest absolute Gasteiger partial charge is 0.269 e. The summed E-state index contributed by atoms with van der Waals surface area (Å²) in [5.41, 5.74) is 0.931. The predicted octanol–water partition coefficient (Wildman–Crippen LogP) is 2.31. The van der Waals surface area contributed by atoms with Crippen molar-refractivity contribution in [1.29, 1.82) is 0 Å². The van der Waals surface area contributed by atoms with Crippen LogP contribution in [-0.2, 0) is 12.3 Å². The molecule has 88 valence electrons. The van der Waals surface area contributed by atoms with Gasteiger partial charge in [0.05, 0.1) is 4.92 Å². The lowest BCUT2D eigenvalue weighted by atomic mass is 10.1. The molecule has 0 saturated heterocycles. The van der Waals surface area contributed by atoms with Gasteiger partial charge < -0.3 is 4.52 Å². The molecular weight excluding hydrogens is 246 g/mol. The number of nitro benzene ring substituents is 1. The molecule has 0 aliphatic rings. The van der Waals surface area contributed by atoms with Gasteiger partial charge in [0.2, 0.25) is 5.89 Å². The Morgan fingerprint density at radius 3 is 2.59 bits per heavy atom. The van der Waals surface area contributed by atoms with Crippen molar-refractivity contribution in [3.8, 4) is 0 Å². The van der Waals surface area contributed by atoms with Crippen LogP contribution in [0, 0.1) is 10.1 Å². The van der Waals surface area contributed by atoms with E-state index in [2.05, 4.69) is 10.1 Å². The zero-order valence-corrected chi connectivity index (χ0v) is 9.42. The van der Waals surface area contributed by atoms with Gasteiger partial charge in [-0.05, 0) is 5.56 Å². The van der Waals surface area contributed by atoms with Gasteiger partial charge in [0.25, 0.3) is 5.69 Å². The van der Waals surface area contributed by atoms with Crippen molar-refractivity contribution >= 4 is 17.3 Å². The van der Waals surface area contributed by atoms with Crippen molar-refractivity contribution in [3.63, 3.8) is 0 Å². The van der Waals surface area contributed by atoms with Crippen molar-refractivity contribution in [3.05, 3.63) is 51.7 Å². The molecule has 0 unspecified atom stereocenters. The van der Waals surface area contributed by atoms with E-state index in [1.807, 2.05) is 0 Å². The van der Waals surface area contributed by atoms with E-state index in [0.717, 1.165) is 5.56 Å². The molecule has 0 bridgehead atoms. The second-order valence-electron chi connectivity index (χ2n) is 3.34. The first-order chi connectivity index (χ1) is 8.19. The molecule has 0 fully saturated rings. The standard InChI is InChI=1S/C10H8ClN3O3/c11-6-10-12-9(13-17-10)5-7-1-3-8(4-2-7)14(15)16/h1-4H,5-6H2. The highest BCUT2D eigenvalue weighted by molar-refractivity contribution is 6.16. The van der Waals surface area contributed by atoms with E-state index < -0.39 is 4.92 Å². The molecule has 0 spiro atoms. The molecule has 7 heteroatoms. The Morgan fingerprint density at radius 2 is 2.06 bits per heavy atom. The number of nitro groups is 1. The molecule has 0 amide bonds. The summed E-state index contributed by atoms with van der Waals surface area (Å²) in [6.45, 7) is 0. The highest BCUT2D eigenvalue weighted by atomic mass is 35.5. The van der Waals surface area contributed by atoms with Crippen molar-refractivity contribution in [1.82, 2.24) is 10.1 Å². The average molecular weight is 254 g/mol. The largest absolute Gasteiger partial charge is 0.338 e. The van der Waals surface area contributed by atoms with Crippen LogP contribution in [0.5, 0.6) is 0 Å². The van der Waals surface area contributed by atoms with Crippen LogP contribution in [0.4, 0.5) is 5.69 Å². The maximum Gasteiger partial charge on any atom is 0.269 e. The molecule has 0 aliphatic carbocycles. The molecule has 2 aromatic rings. The van der Waals surface area contributed by atoms with Gasteiger partial charge in [-0.25, -0.2) is 0 Å². The maximum atomic E-state index is 10.5. The SMILES string of the molecule is O=[N+]([O-])c1ccc(Cc2noc(CCl)n2)cc1. The number of alkyl halides is 1. The summed E-state index contributed by atoms with van der Waals surface area (Å²) < 4.78 is 4.85. The minimum atomic E-state index is -0.441. The monoisotopic (exact) mass is 253 g/mol. The number of non-ortho nitro benzene ring substituents is 1. The molecule has 1 aromatic heterocycles. The molecule has 6 nitrogen and oxygen atoms in total. The van der Waals surface area contributed by atoms with Crippen LogP contribution in [0.15, 0.2) is 28.8 Å². The van der Waals surface area contributed by atoms with E-state index in [0.29, 0.717) is 18.1 Å². The van der Waals surface area contributed by atoms with Crippen molar-refractivity contribution in [2.45, 2.75) is 12.3 Å². The van der Waals surface area contributed by atoms with Gasteiger partial charge in [0, 0.05) is 18.6 Å². The van der Waals surface area contributed by atoms with Gasteiger partial charge in [0.1, 0.15) is 5.88 Å². The highest BCUT2D eigenvalue weighted by Gasteiger charge is 2.08. The Bertz CT molecular complexity index is 524. The summed E-state index contributed by atoms with van der Waals surface area (Å²) in [6.07, 6.45) is 0.457. The zero-order chi connectivity index (χ0) is 12.3. The lowest BCUT2D eigenvalue weighted by Crippen LogP contribution is -1.92. The summed E-state index contributed by atoms with van der Waals surface area (Å²) in [5.74, 6) is 1.05. The molecule has 0 aliphatic heterocycles. The second kappa shape index (κ2) is 4.92. The van der Waals surface area contributed by atoms with Gasteiger partial charge in [-0.1, -0.05) is 17.3 Å². The number of benzene rings is 1. The van der Waals surface area contributed by atoms with E-state index in [-0.39, 0.29) is 11.6 Å². The number of hydrogen-bond donors (Lipinski definition) is 0. The molecule has 0 saturated carbocycles. The fourth-order valence-corrected chi connectivity index (χ4v) is 1.44. The summed E-state index contributed by atoms with van der Waals surface area (Å²) in [6, 6.07) is 6.21. The van der Waals surface area contributed by atoms with Gasteiger partial charge >= 0.3 is 0 Å². The quantitative estimate of drug-likeness (QED) is 0.474. The number of aromatic nitrogens is 2. The van der Waals surface area contributed by atoms with Crippen LogP contribution in [0.1, 0.15) is 17.3 Å². The summed E-state index contributed by atoms with van der Waals surface area (Å²) in [7, 11) is 0. The topological polar surface area (TPSA) is 82.1 Å². The van der Waals surface area contributed by atoms with Crippen molar-refractivity contribution < 1.29 is 9.45 Å². The van der Waals surface area contributed by atoms with Crippen LogP contribution in [0.3, 0.4) is 0 Å². The molecule has 0 radical (unpaired) electrons. The van der Waals surface area contributed by atoms with Crippen LogP contribution < -0.4 is 0 Å². The Morgan fingerprint density at radius 1 is 1.35 bits per heavy atom. The third kappa shape index (κ3) is 2.79. The van der Waals surface area contributed by atoms with Crippen LogP contribution in [0.2, 0.25) is 0 Å². The zero-order valence-electron chi connectivity index (χ0n) is 8.67. The number of halogens is 1.